The Kier molecular flexibility index (Phi) is 1.80. The fourth-order valence-corrected chi connectivity index (χ4v) is 1.92. The Labute approximate surface area is 67.3 Å². The van der Waals surface area contributed by atoms with E-state index in [4.69, 9.17) is 5.84 Å². The maximum absolute atomic E-state index is 5.84. The first-order valence-corrected chi connectivity index (χ1v) is 4.24. The molecule has 11 heavy (non-hydrogen) atoms. The second-order valence-electron chi connectivity index (χ2n) is 3.30. The Morgan fingerprint density at radius 2 is 2.09 bits per heavy atom. The van der Waals surface area contributed by atoms with Gasteiger partial charge in [-0.1, -0.05) is 24.3 Å². The summed E-state index contributed by atoms with van der Waals surface area (Å²) in [6.45, 7) is 1.04. The second kappa shape index (κ2) is 2.80. The van der Waals surface area contributed by atoms with Crippen molar-refractivity contribution in [2.45, 2.75) is 18.9 Å². The zero-order chi connectivity index (χ0) is 7.68. The van der Waals surface area contributed by atoms with Crippen molar-refractivity contribution in [3.63, 3.8) is 0 Å². The first-order chi connectivity index (χ1) is 5.38. The van der Waals surface area contributed by atoms with Crippen LogP contribution in [-0.4, -0.2) is 17.6 Å². The zero-order valence-corrected chi connectivity index (χ0v) is 6.61. The van der Waals surface area contributed by atoms with Crippen LogP contribution >= 0.6 is 0 Å². The molecular formula is C9H14N2. The van der Waals surface area contributed by atoms with Gasteiger partial charge in [-0.15, -0.1) is 0 Å². The zero-order valence-electron chi connectivity index (χ0n) is 6.61. The topological polar surface area (TPSA) is 29.3 Å². The van der Waals surface area contributed by atoms with Gasteiger partial charge in [0.05, 0.1) is 0 Å². The molecular weight excluding hydrogens is 136 g/mol. The molecule has 0 saturated carbocycles. The van der Waals surface area contributed by atoms with Crippen LogP contribution in [0, 0.1) is 5.92 Å². The molecule has 0 spiro atoms. The maximum atomic E-state index is 5.84. The van der Waals surface area contributed by atoms with Gasteiger partial charge in [0.1, 0.15) is 0 Å². The van der Waals surface area contributed by atoms with Gasteiger partial charge in [-0.2, -0.15) is 0 Å². The molecule has 0 aromatic rings. The van der Waals surface area contributed by atoms with Crippen molar-refractivity contribution in [2.24, 2.45) is 11.8 Å². The molecule has 60 valence electrons. The van der Waals surface area contributed by atoms with Crippen LogP contribution in [0.5, 0.6) is 0 Å². The van der Waals surface area contributed by atoms with E-state index >= 15 is 0 Å². The lowest BCUT2D eigenvalue weighted by atomic mass is 9.87. The van der Waals surface area contributed by atoms with E-state index in [0.29, 0.717) is 12.0 Å². The standard InChI is InChI=1S/C9H14N2/c10-11-7-3-5-8-4-1-2-6-9(8)11/h1-2,4,6,8-9H,3,5,7,10H2/t8-,9?/m1/s1. The van der Waals surface area contributed by atoms with E-state index in [1.54, 1.807) is 0 Å². The summed E-state index contributed by atoms with van der Waals surface area (Å²) in [5, 5.41) is 1.95. The number of piperidine rings is 1. The van der Waals surface area contributed by atoms with Gasteiger partial charge in [0, 0.05) is 12.6 Å². The van der Waals surface area contributed by atoms with Crippen LogP contribution in [0.1, 0.15) is 12.8 Å². The predicted molar refractivity (Wildman–Crippen MR) is 45.7 cm³/mol. The third-order valence-corrected chi connectivity index (χ3v) is 2.55. The average molecular weight is 150 g/mol. The highest BCUT2D eigenvalue weighted by Crippen LogP contribution is 2.25. The molecule has 2 aliphatic rings. The smallest absolute Gasteiger partial charge is 0.0486 e. The van der Waals surface area contributed by atoms with Crippen molar-refractivity contribution in [3.8, 4) is 0 Å². The first-order valence-electron chi connectivity index (χ1n) is 4.24. The van der Waals surface area contributed by atoms with E-state index in [0.717, 1.165) is 6.54 Å². The average Bonchev–Trinajstić information content (AvgIpc) is 2.06. The third-order valence-electron chi connectivity index (χ3n) is 2.55. The summed E-state index contributed by atoms with van der Waals surface area (Å²) in [6.07, 6.45) is 11.2. The van der Waals surface area contributed by atoms with Crippen molar-refractivity contribution in [2.75, 3.05) is 6.54 Å². The van der Waals surface area contributed by atoms with Crippen LogP contribution in [-0.2, 0) is 0 Å². The molecule has 1 aliphatic carbocycles. The van der Waals surface area contributed by atoms with Gasteiger partial charge in [-0.05, 0) is 18.8 Å². The fraction of sp³-hybridized carbons (Fsp3) is 0.556. The molecule has 0 amide bonds. The Morgan fingerprint density at radius 1 is 1.27 bits per heavy atom. The van der Waals surface area contributed by atoms with Crippen molar-refractivity contribution in [3.05, 3.63) is 24.3 Å². The van der Waals surface area contributed by atoms with E-state index in [-0.39, 0.29) is 0 Å². The number of rotatable bonds is 0. The highest BCUT2D eigenvalue weighted by atomic mass is 15.4. The van der Waals surface area contributed by atoms with Crippen LogP contribution in [0.25, 0.3) is 0 Å². The van der Waals surface area contributed by atoms with Crippen LogP contribution in [0.2, 0.25) is 0 Å². The van der Waals surface area contributed by atoms with Gasteiger partial charge in [0.2, 0.25) is 0 Å². The summed E-state index contributed by atoms with van der Waals surface area (Å²) in [4.78, 5) is 0. The molecule has 1 heterocycles. The number of hydrogen-bond donors (Lipinski definition) is 1. The van der Waals surface area contributed by atoms with Crippen LogP contribution < -0.4 is 5.84 Å². The third kappa shape index (κ3) is 1.24. The Hall–Kier alpha value is -0.600. The molecule has 0 bridgehead atoms. The van der Waals surface area contributed by atoms with Gasteiger partial charge in [0.15, 0.2) is 0 Å². The predicted octanol–water partition coefficient (Wildman–Crippen LogP) is 1.07. The summed E-state index contributed by atoms with van der Waals surface area (Å²) in [5.41, 5.74) is 0. The largest absolute Gasteiger partial charge is 0.268 e. The van der Waals surface area contributed by atoms with Gasteiger partial charge < -0.3 is 0 Å². The highest BCUT2D eigenvalue weighted by molar-refractivity contribution is 5.17. The van der Waals surface area contributed by atoms with Crippen molar-refractivity contribution < 1.29 is 0 Å². The van der Waals surface area contributed by atoms with E-state index in [1.807, 2.05) is 5.01 Å². The Morgan fingerprint density at radius 3 is 2.91 bits per heavy atom. The van der Waals surface area contributed by atoms with E-state index < -0.39 is 0 Å². The van der Waals surface area contributed by atoms with E-state index in [9.17, 15) is 0 Å². The summed E-state index contributed by atoms with van der Waals surface area (Å²) < 4.78 is 0. The summed E-state index contributed by atoms with van der Waals surface area (Å²) >= 11 is 0. The molecule has 2 N–H and O–H groups in total. The number of hydrazine groups is 1. The molecule has 2 rings (SSSR count). The fourth-order valence-electron chi connectivity index (χ4n) is 1.92. The molecule has 1 saturated heterocycles. The monoisotopic (exact) mass is 150 g/mol. The number of nitrogens with zero attached hydrogens (tertiary/aromatic N) is 1. The lowest BCUT2D eigenvalue weighted by Gasteiger charge is -2.36. The van der Waals surface area contributed by atoms with Gasteiger partial charge >= 0.3 is 0 Å². The minimum atomic E-state index is 0.466. The number of allylic oxidation sites excluding steroid dienone is 2. The van der Waals surface area contributed by atoms with Crippen LogP contribution in [0.4, 0.5) is 0 Å². The van der Waals surface area contributed by atoms with E-state index in [1.165, 1.54) is 12.8 Å². The second-order valence-corrected chi connectivity index (χ2v) is 3.30. The summed E-state index contributed by atoms with van der Waals surface area (Å²) in [6, 6.07) is 0.466. The lowest BCUT2D eigenvalue weighted by Crippen LogP contribution is -2.48. The van der Waals surface area contributed by atoms with Crippen molar-refractivity contribution in [1.29, 1.82) is 0 Å². The molecule has 0 aromatic heterocycles. The van der Waals surface area contributed by atoms with E-state index in [2.05, 4.69) is 24.3 Å². The van der Waals surface area contributed by atoms with Gasteiger partial charge in [-0.3, -0.25) is 5.84 Å². The highest BCUT2D eigenvalue weighted by Gasteiger charge is 2.26. The van der Waals surface area contributed by atoms with Crippen LogP contribution in [0.15, 0.2) is 24.3 Å². The normalized spacial score (nSPS) is 37.2. The Balaban J connectivity index is 2.14. The first kappa shape index (κ1) is 7.07. The molecule has 2 atom stereocenters. The molecule has 1 fully saturated rings. The number of fused-ring (bicyclic) bond motifs is 1. The molecule has 0 aromatic carbocycles. The molecule has 2 nitrogen and oxygen atoms in total. The van der Waals surface area contributed by atoms with Gasteiger partial charge in [0.25, 0.3) is 0 Å². The SMILES string of the molecule is NN1CCC[C@H]2C=CC=CC21. The minimum Gasteiger partial charge on any atom is -0.268 e. The van der Waals surface area contributed by atoms with Crippen LogP contribution in [0.3, 0.4) is 0 Å². The van der Waals surface area contributed by atoms with Crippen molar-refractivity contribution >= 4 is 0 Å². The molecule has 2 heteroatoms. The molecule has 1 unspecified atom stereocenters. The summed E-state index contributed by atoms with van der Waals surface area (Å²) in [7, 11) is 0. The quantitative estimate of drug-likeness (QED) is 0.523. The summed E-state index contributed by atoms with van der Waals surface area (Å²) in [5.74, 6) is 6.50. The lowest BCUT2D eigenvalue weighted by molar-refractivity contribution is 0.147. The number of nitrogens with two attached hydrogens (primary N) is 1. The van der Waals surface area contributed by atoms with Crippen molar-refractivity contribution in [1.82, 2.24) is 5.01 Å². The molecule has 1 aliphatic heterocycles. The number of hydrogen-bond acceptors (Lipinski definition) is 2. The maximum Gasteiger partial charge on any atom is 0.0486 e. The Bertz CT molecular complexity index is 196. The van der Waals surface area contributed by atoms with Gasteiger partial charge in [-0.25, -0.2) is 5.01 Å². The minimum absolute atomic E-state index is 0.466. The molecule has 0 radical (unpaired) electrons.